The number of nitrogens with one attached hydrogen (secondary N) is 1. The molecule has 0 aromatic heterocycles. The van der Waals surface area contributed by atoms with Gasteiger partial charge in [-0.1, -0.05) is 35.0 Å². The van der Waals surface area contributed by atoms with E-state index in [-0.39, 0.29) is 5.91 Å². The van der Waals surface area contributed by atoms with Gasteiger partial charge in [-0.05, 0) is 54.0 Å². The van der Waals surface area contributed by atoms with Crippen molar-refractivity contribution in [2.75, 3.05) is 6.54 Å². The molecular weight excluding hydrogens is 393 g/mol. The van der Waals surface area contributed by atoms with E-state index in [2.05, 4.69) is 50.8 Å². The third-order valence-electron chi connectivity index (χ3n) is 2.62. The lowest BCUT2D eigenvalue weighted by molar-refractivity contribution is 0.0952. The predicted octanol–water partition coefficient (Wildman–Crippen LogP) is 3.89. The fourth-order valence-electron chi connectivity index (χ4n) is 1.46. The summed E-state index contributed by atoms with van der Waals surface area (Å²) >= 11 is 5.78. The Morgan fingerprint density at radius 1 is 1.53 bits per heavy atom. The normalized spacial score (nSPS) is 12.2. The van der Waals surface area contributed by atoms with Crippen molar-refractivity contribution in [1.82, 2.24) is 5.32 Å². The van der Waals surface area contributed by atoms with E-state index in [1.54, 1.807) is 0 Å². The quantitative estimate of drug-likeness (QED) is 0.580. The van der Waals surface area contributed by atoms with Crippen LogP contribution in [0.4, 0.5) is 0 Å². The zero-order chi connectivity index (χ0) is 12.8. The summed E-state index contributed by atoms with van der Waals surface area (Å²) in [7, 11) is 0. The van der Waals surface area contributed by atoms with Gasteiger partial charge in [-0.15, -0.1) is 0 Å². The van der Waals surface area contributed by atoms with Crippen molar-refractivity contribution in [3.63, 3.8) is 0 Å². The number of carbonyl (C=O) groups excluding carboxylic acids is 1. The lowest BCUT2D eigenvalue weighted by Crippen LogP contribution is -2.26. The molecule has 0 bridgehead atoms. The number of hydrogen-bond donors (Lipinski definition) is 1. The second kappa shape index (κ2) is 7.36. The van der Waals surface area contributed by atoms with Crippen LogP contribution in [0.15, 0.2) is 18.2 Å². The van der Waals surface area contributed by atoms with Crippen molar-refractivity contribution in [3.8, 4) is 0 Å². The molecule has 0 heterocycles. The molecule has 0 aliphatic rings. The van der Waals surface area contributed by atoms with Gasteiger partial charge in [-0.2, -0.15) is 0 Å². The topological polar surface area (TPSA) is 29.1 Å². The number of halogens is 2. The number of rotatable bonds is 5. The Hall–Kier alpha value is -0.100. The van der Waals surface area contributed by atoms with Gasteiger partial charge in [-0.3, -0.25) is 4.79 Å². The second-order valence-electron chi connectivity index (χ2n) is 3.99. The molecule has 4 heteroatoms. The van der Waals surface area contributed by atoms with Crippen molar-refractivity contribution >= 4 is 44.4 Å². The molecule has 1 aromatic carbocycles. The number of alkyl halides is 1. The third kappa shape index (κ3) is 4.58. The van der Waals surface area contributed by atoms with Crippen molar-refractivity contribution in [2.45, 2.75) is 31.5 Å². The number of hydrogen-bond acceptors (Lipinski definition) is 1. The zero-order valence-electron chi connectivity index (χ0n) is 10.1. The van der Waals surface area contributed by atoms with Crippen LogP contribution in [0.2, 0.25) is 0 Å². The number of carbonyl (C=O) groups is 1. The van der Waals surface area contributed by atoms with Crippen molar-refractivity contribution < 1.29 is 4.79 Å². The molecular formula is C13H17BrINO. The molecule has 1 atom stereocenters. The van der Waals surface area contributed by atoms with E-state index in [4.69, 9.17) is 0 Å². The summed E-state index contributed by atoms with van der Waals surface area (Å²) in [5, 5.41) is 2.96. The lowest BCUT2D eigenvalue weighted by Gasteiger charge is -2.10. The van der Waals surface area contributed by atoms with Crippen molar-refractivity contribution in [1.29, 1.82) is 0 Å². The average Bonchev–Trinajstić information content (AvgIpc) is 2.32. The predicted molar refractivity (Wildman–Crippen MR) is 83.9 cm³/mol. The number of benzene rings is 1. The fraction of sp³-hybridized carbons (Fsp3) is 0.462. The maximum Gasteiger partial charge on any atom is 0.252 e. The first-order valence-electron chi connectivity index (χ1n) is 5.73. The van der Waals surface area contributed by atoms with Gasteiger partial charge in [0.1, 0.15) is 0 Å². The zero-order valence-corrected chi connectivity index (χ0v) is 13.8. The molecule has 1 rings (SSSR count). The first-order valence-corrected chi connectivity index (χ1v) is 7.73. The summed E-state index contributed by atoms with van der Waals surface area (Å²) in [5.74, 6) is 0.0221. The van der Waals surface area contributed by atoms with Gasteiger partial charge in [0.15, 0.2) is 0 Å². The van der Waals surface area contributed by atoms with Gasteiger partial charge in [0.25, 0.3) is 5.91 Å². The van der Waals surface area contributed by atoms with Crippen LogP contribution in [0.3, 0.4) is 0 Å². The maximum absolute atomic E-state index is 12.0. The Labute approximate surface area is 125 Å². The summed E-state index contributed by atoms with van der Waals surface area (Å²) in [6.07, 6.45) is 2.04. The number of aryl methyl sites for hydroxylation is 1. The molecule has 94 valence electrons. The minimum absolute atomic E-state index is 0.0221. The molecule has 0 saturated carbocycles. The minimum Gasteiger partial charge on any atom is -0.352 e. The van der Waals surface area contributed by atoms with E-state index in [0.717, 1.165) is 27.5 Å². The Balaban J connectivity index is 2.56. The highest BCUT2D eigenvalue weighted by molar-refractivity contribution is 14.1. The Bertz CT molecular complexity index is 395. The highest BCUT2D eigenvalue weighted by Gasteiger charge is 2.11. The van der Waals surface area contributed by atoms with Crippen LogP contribution in [0, 0.1) is 10.5 Å². The molecule has 1 amide bonds. The maximum atomic E-state index is 12.0. The molecule has 0 saturated heterocycles. The molecule has 17 heavy (non-hydrogen) atoms. The number of amides is 1. The van der Waals surface area contributed by atoms with E-state index in [1.165, 1.54) is 0 Å². The van der Waals surface area contributed by atoms with Crippen LogP contribution >= 0.6 is 38.5 Å². The Morgan fingerprint density at radius 2 is 2.24 bits per heavy atom. The molecule has 0 aliphatic heterocycles. The van der Waals surface area contributed by atoms with Gasteiger partial charge in [0.05, 0.1) is 5.56 Å². The van der Waals surface area contributed by atoms with E-state index in [0.29, 0.717) is 11.4 Å². The molecule has 0 aliphatic carbocycles. The Morgan fingerprint density at radius 3 is 2.88 bits per heavy atom. The smallest absolute Gasteiger partial charge is 0.252 e. The molecule has 1 aromatic rings. The highest BCUT2D eigenvalue weighted by atomic mass is 127. The van der Waals surface area contributed by atoms with Gasteiger partial charge in [0, 0.05) is 14.9 Å². The summed E-state index contributed by atoms with van der Waals surface area (Å²) in [5.41, 5.74) is 1.92. The van der Waals surface area contributed by atoms with Crippen LogP contribution in [0.1, 0.15) is 35.7 Å². The standard InChI is InChI=1S/C13H17BrINO/c1-3-10(14)7-8-16-13(17)11-6-4-5-9(2)12(11)15/h4-6,10H,3,7-8H2,1-2H3,(H,16,17). The fourth-order valence-corrected chi connectivity index (χ4v) is 2.30. The van der Waals surface area contributed by atoms with Gasteiger partial charge >= 0.3 is 0 Å². The van der Waals surface area contributed by atoms with Crippen LogP contribution in [0.5, 0.6) is 0 Å². The second-order valence-corrected chi connectivity index (χ2v) is 6.36. The molecule has 1 N–H and O–H groups in total. The van der Waals surface area contributed by atoms with Gasteiger partial charge in [-0.25, -0.2) is 0 Å². The van der Waals surface area contributed by atoms with E-state index in [1.807, 2.05) is 25.1 Å². The van der Waals surface area contributed by atoms with Gasteiger partial charge < -0.3 is 5.32 Å². The van der Waals surface area contributed by atoms with Gasteiger partial charge in [0.2, 0.25) is 0 Å². The summed E-state index contributed by atoms with van der Waals surface area (Å²) in [4.78, 5) is 12.4. The summed E-state index contributed by atoms with van der Waals surface area (Å²) in [6, 6.07) is 5.81. The van der Waals surface area contributed by atoms with E-state index in [9.17, 15) is 4.79 Å². The summed E-state index contributed by atoms with van der Waals surface area (Å²) in [6.45, 7) is 4.86. The molecule has 2 nitrogen and oxygen atoms in total. The van der Waals surface area contributed by atoms with Crippen LogP contribution in [0.25, 0.3) is 0 Å². The molecule has 0 fully saturated rings. The molecule has 0 spiro atoms. The average molecular weight is 410 g/mol. The van der Waals surface area contributed by atoms with E-state index >= 15 is 0 Å². The summed E-state index contributed by atoms with van der Waals surface area (Å²) < 4.78 is 1.04. The monoisotopic (exact) mass is 409 g/mol. The third-order valence-corrected chi connectivity index (χ3v) is 5.16. The molecule has 1 unspecified atom stereocenters. The minimum atomic E-state index is 0.0221. The molecule has 0 radical (unpaired) electrons. The van der Waals surface area contributed by atoms with Crippen LogP contribution in [-0.2, 0) is 0 Å². The highest BCUT2D eigenvalue weighted by Crippen LogP contribution is 2.16. The Kier molecular flexibility index (Phi) is 6.48. The SMILES string of the molecule is CCC(Br)CCNC(=O)c1cccc(C)c1I. The lowest BCUT2D eigenvalue weighted by atomic mass is 10.1. The van der Waals surface area contributed by atoms with Crippen molar-refractivity contribution in [2.24, 2.45) is 0 Å². The van der Waals surface area contributed by atoms with Crippen LogP contribution < -0.4 is 5.32 Å². The van der Waals surface area contributed by atoms with Crippen molar-refractivity contribution in [3.05, 3.63) is 32.9 Å². The van der Waals surface area contributed by atoms with E-state index < -0.39 is 0 Å². The first kappa shape index (κ1) is 15.0. The largest absolute Gasteiger partial charge is 0.352 e. The first-order chi connectivity index (χ1) is 8.06. The van der Waals surface area contributed by atoms with Crippen LogP contribution in [-0.4, -0.2) is 17.3 Å².